The number of rotatable bonds is 8. The monoisotopic (exact) mass is 470 g/mol. The Hall–Kier alpha value is -2.39. The highest BCUT2D eigenvalue weighted by Crippen LogP contribution is 2.36. The summed E-state index contributed by atoms with van der Waals surface area (Å²) in [6, 6.07) is 4.86. The number of carbonyl (C=O) groups excluding carboxylic acids is 2. The van der Waals surface area contributed by atoms with Gasteiger partial charge in [-0.25, -0.2) is 4.98 Å². The van der Waals surface area contributed by atoms with Gasteiger partial charge in [0, 0.05) is 5.56 Å². The molecule has 0 saturated heterocycles. The Morgan fingerprint density at radius 3 is 2.48 bits per heavy atom. The van der Waals surface area contributed by atoms with Crippen LogP contribution in [0.4, 0.5) is 0 Å². The first-order chi connectivity index (χ1) is 14.4. The second-order valence-corrected chi connectivity index (χ2v) is 8.54. The van der Waals surface area contributed by atoms with E-state index in [1.54, 1.807) is 39.0 Å². The van der Waals surface area contributed by atoms with Gasteiger partial charge in [0.2, 0.25) is 11.6 Å². The Labute approximate surface area is 189 Å². The van der Waals surface area contributed by atoms with Crippen molar-refractivity contribution in [1.82, 2.24) is 4.98 Å². The molecule has 1 aromatic heterocycles. The van der Waals surface area contributed by atoms with Crippen molar-refractivity contribution in [3.05, 3.63) is 53.1 Å². The third kappa shape index (κ3) is 6.30. The number of nitrogens with two attached hydrogens (primary N) is 1. The molecule has 0 radical (unpaired) electrons. The van der Waals surface area contributed by atoms with Crippen molar-refractivity contribution in [3.63, 3.8) is 0 Å². The van der Waals surface area contributed by atoms with Crippen molar-refractivity contribution in [2.75, 3.05) is 6.61 Å². The average molecular weight is 471 g/mol. The molecular formula is C21H24Cl2N2O6. The van der Waals surface area contributed by atoms with Gasteiger partial charge in [-0.05, 0) is 32.9 Å². The van der Waals surface area contributed by atoms with Crippen LogP contribution in [0.5, 0.6) is 0 Å². The van der Waals surface area contributed by atoms with Gasteiger partial charge >= 0.3 is 11.9 Å². The zero-order valence-corrected chi connectivity index (χ0v) is 18.9. The summed E-state index contributed by atoms with van der Waals surface area (Å²) in [5.41, 5.74) is 3.27. The highest BCUT2D eigenvalue weighted by atomic mass is 35.5. The van der Waals surface area contributed by atoms with Gasteiger partial charge < -0.3 is 19.0 Å². The van der Waals surface area contributed by atoms with Gasteiger partial charge in [-0.1, -0.05) is 41.9 Å². The number of hydrogen-bond acceptors (Lipinski definition) is 8. The molecule has 2 aromatic rings. The standard InChI is InChI=1S/C21H24Cl2N2O6/c1-5-9-29-18(27)12(10-16(26)31-20(2,3)4)21(24,28)19-25-15(11-30-19)17-13(22)7-6-8-14(17)23/h5-8,11-12,28H,1,9-10,24H2,2-4H3. The molecule has 0 aliphatic carbocycles. The number of halogens is 2. The Morgan fingerprint density at radius 1 is 1.32 bits per heavy atom. The van der Waals surface area contributed by atoms with E-state index in [1.165, 1.54) is 12.3 Å². The molecule has 0 bridgehead atoms. The number of carbonyl (C=O) groups is 2. The summed E-state index contributed by atoms with van der Waals surface area (Å²) in [4.78, 5) is 29.1. The van der Waals surface area contributed by atoms with E-state index in [0.29, 0.717) is 15.6 Å². The summed E-state index contributed by atoms with van der Waals surface area (Å²) in [5, 5.41) is 11.6. The van der Waals surface area contributed by atoms with Crippen LogP contribution < -0.4 is 5.73 Å². The van der Waals surface area contributed by atoms with Gasteiger partial charge in [0.1, 0.15) is 30.1 Å². The lowest BCUT2D eigenvalue weighted by atomic mass is 9.92. The van der Waals surface area contributed by atoms with E-state index in [4.69, 9.17) is 42.8 Å². The van der Waals surface area contributed by atoms with Crippen molar-refractivity contribution < 1.29 is 28.6 Å². The Balaban J connectivity index is 2.40. The fraction of sp³-hybridized carbons (Fsp3) is 0.381. The number of esters is 2. The first kappa shape index (κ1) is 24.9. The Morgan fingerprint density at radius 2 is 1.94 bits per heavy atom. The number of ether oxygens (including phenoxy) is 2. The fourth-order valence-corrected chi connectivity index (χ4v) is 3.27. The Kier molecular flexibility index (Phi) is 7.88. The molecular weight excluding hydrogens is 447 g/mol. The largest absolute Gasteiger partial charge is 0.461 e. The first-order valence-electron chi connectivity index (χ1n) is 9.27. The van der Waals surface area contributed by atoms with E-state index < -0.39 is 41.5 Å². The molecule has 0 aliphatic heterocycles. The van der Waals surface area contributed by atoms with Crippen LogP contribution in [0.25, 0.3) is 11.3 Å². The van der Waals surface area contributed by atoms with Crippen LogP contribution in [0.3, 0.4) is 0 Å². The highest BCUT2D eigenvalue weighted by molar-refractivity contribution is 6.39. The molecule has 8 nitrogen and oxygen atoms in total. The molecule has 1 aromatic carbocycles. The second-order valence-electron chi connectivity index (χ2n) is 7.72. The number of nitrogens with zero attached hydrogens (tertiary/aromatic N) is 1. The third-order valence-electron chi connectivity index (χ3n) is 4.02. The van der Waals surface area contributed by atoms with E-state index in [0.717, 1.165) is 0 Å². The first-order valence-corrected chi connectivity index (χ1v) is 10.0. The minimum atomic E-state index is -2.50. The van der Waals surface area contributed by atoms with E-state index in [2.05, 4.69) is 11.6 Å². The molecule has 0 aliphatic rings. The van der Waals surface area contributed by atoms with Crippen molar-refractivity contribution in [2.24, 2.45) is 11.7 Å². The average Bonchev–Trinajstić information content (AvgIpc) is 3.13. The van der Waals surface area contributed by atoms with Crippen LogP contribution in [0.2, 0.25) is 10.0 Å². The van der Waals surface area contributed by atoms with Crippen LogP contribution in [-0.2, 0) is 24.8 Å². The molecule has 2 rings (SSSR count). The maximum absolute atomic E-state index is 12.6. The van der Waals surface area contributed by atoms with Crippen molar-refractivity contribution in [1.29, 1.82) is 0 Å². The van der Waals surface area contributed by atoms with Gasteiger partial charge in [-0.2, -0.15) is 0 Å². The van der Waals surface area contributed by atoms with Crippen LogP contribution in [0.15, 0.2) is 41.5 Å². The van der Waals surface area contributed by atoms with Crippen LogP contribution in [0, 0.1) is 5.92 Å². The minimum Gasteiger partial charge on any atom is -0.461 e. The zero-order valence-electron chi connectivity index (χ0n) is 17.4. The molecule has 2 unspecified atom stereocenters. The van der Waals surface area contributed by atoms with Crippen LogP contribution in [0.1, 0.15) is 33.1 Å². The summed E-state index contributed by atoms with van der Waals surface area (Å²) < 4.78 is 15.6. The number of benzene rings is 1. The summed E-state index contributed by atoms with van der Waals surface area (Å²) in [7, 11) is 0. The second kappa shape index (κ2) is 9.82. The van der Waals surface area contributed by atoms with E-state index in [9.17, 15) is 14.7 Å². The van der Waals surface area contributed by atoms with Gasteiger partial charge in [-0.3, -0.25) is 15.3 Å². The van der Waals surface area contributed by atoms with Crippen LogP contribution in [-0.4, -0.2) is 34.2 Å². The van der Waals surface area contributed by atoms with Gasteiger partial charge in [0.25, 0.3) is 0 Å². The SMILES string of the molecule is C=CCOC(=O)C(CC(=O)OC(C)(C)C)C(N)(O)c1nc(-c2c(Cl)cccc2Cl)co1. The number of hydrogen-bond donors (Lipinski definition) is 2. The van der Waals surface area contributed by atoms with Crippen molar-refractivity contribution >= 4 is 35.1 Å². The quantitative estimate of drug-likeness (QED) is 0.338. The predicted molar refractivity (Wildman–Crippen MR) is 115 cm³/mol. The molecule has 0 fully saturated rings. The maximum Gasteiger partial charge on any atom is 0.314 e. The molecule has 168 valence electrons. The number of aromatic nitrogens is 1. The molecule has 0 amide bonds. The smallest absolute Gasteiger partial charge is 0.314 e. The maximum atomic E-state index is 12.6. The van der Waals surface area contributed by atoms with E-state index in [1.807, 2.05) is 0 Å². The highest BCUT2D eigenvalue weighted by Gasteiger charge is 2.47. The topological polar surface area (TPSA) is 125 Å². The molecule has 3 N–H and O–H groups in total. The molecule has 0 spiro atoms. The summed E-state index contributed by atoms with van der Waals surface area (Å²) in [6.45, 7) is 8.30. The molecule has 31 heavy (non-hydrogen) atoms. The molecule has 10 heteroatoms. The lowest BCUT2D eigenvalue weighted by molar-refractivity contribution is -0.172. The number of oxazole rings is 1. The van der Waals surface area contributed by atoms with Gasteiger partial charge in [0.05, 0.1) is 16.5 Å². The van der Waals surface area contributed by atoms with Gasteiger partial charge in [-0.15, -0.1) is 0 Å². The van der Waals surface area contributed by atoms with Gasteiger partial charge in [0.15, 0.2) is 0 Å². The van der Waals surface area contributed by atoms with E-state index in [-0.39, 0.29) is 12.3 Å². The van der Waals surface area contributed by atoms with Crippen molar-refractivity contribution in [2.45, 2.75) is 38.5 Å². The lowest BCUT2D eigenvalue weighted by Crippen LogP contribution is -2.49. The lowest BCUT2D eigenvalue weighted by Gasteiger charge is -2.28. The number of aliphatic hydroxyl groups is 1. The predicted octanol–water partition coefficient (Wildman–Crippen LogP) is 3.83. The summed E-state index contributed by atoms with van der Waals surface area (Å²) in [6.07, 6.45) is 1.94. The molecule has 1 heterocycles. The minimum absolute atomic E-state index is 0.147. The Bertz CT molecular complexity index is 945. The van der Waals surface area contributed by atoms with Crippen molar-refractivity contribution in [3.8, 4) is 11.3 Å². The fourth-order valence-electron chi connectivity index (χ4n) is 2.67. The summed E-state index contributed by atoms with van der Waals surface area (Å²) >= 11 is 12.4. The van der Waals surface area contributed by atoms with E-state index >= 15 is 0 Å². The van der Waals surface area contributed by atoms with Crippen LogP contribution >= 0.6 is 23.2 Å². The molecule has 0 saturated carbocycles. The molecule has 2 atom stereocenters. The summed E-state index contributed by atoms with van der Waals surface area (Å²) in [5.74, 6) is -3.72. The normalized spacial score (nSPS) is 14.4. The zero-order chi connectivity index (χ0) is 23.4. The third-order valence-corrected chi connectivity index (χ3v) is 4.65.